The van der Waals surface area contributed by atoms with E-state index in [4.69, 9.17) is 4.74 Å². The molecule has 0 radical (unpaired) electrons. The molecule has 2 nitrogen and oxygen atoms in total. The van der Waals surface area contributed by atoms with E-state index in [0.29, 0.717) is 12.2 Å². The molecule has 2 atom stereocenters. The van der Waals surface area contributed by atoms with Gasteiger partial charge in [0.2, 0.25) is 0 Å². The van der Waals surface area contributed by atoms with E-state index in [-0.39, 0.29) is 0 Å². The molecule has 0 spiro atoms. The predicted molar refractivity (Wildman–Crippen MR) is 63.1 cm³/mol. The molecule has 88 valence electrons. The normalized spacial score (nSPS) is 31.0. The molecule has 0 saturated carbocycles. The van der Waals surface area contributed by atoms with Crippen molar-refractivity contribution in [1.29, 1.82) is 0 Å². The number of hydrogen-bond donors (Lipinski definition) is 0. The van der Waals surface area contributed by atoms with E-state index in [0.717, 1.165) is 0 Å². The van der Waals surface area contributed by atoms with Crippen LogP contribution in [-0.4, -0.2) is 36.7 Å². The van der Waals surface area contributed by atoms with Crippen LogP contribution in [-0.2, 0) is 4.74 Å². The van der Waals surface area contributed by atoms with Crippen LogP contribution in [0, 0.1) is 0 Å². The molecule has 0 amide bonds. The minimum Gasteiger partial charge on any atom is -0.372 e. The van der Waals surface area contributed by atoms with Crippen LogP contribution in [0.4, 0.5) is 0 Å². The lowest BCUT2D eigenvalue weighted by molar-refractivity contribution is -0.0385. The van der Waals surface area contributed by atoms with Gasteiger partial charge in [-0.15, -0.1) is 0 Å². The van der Waals surface area contributed by atoms with Crippen molar-refractivity contribution in [2.75, 3.05) is 19.6 Å². The van der Waals surface area contributed by atoms with E-state index in [1.165, 1.54) is 64.6 Å². The van der Waals surface area contributed by atoms with Gasteiger partial charge in [0.15, 0.2) is 0 Å². The predicted octanol–water partition coefficient (Wildman–Crippen LogP) is 2.82. The van der Waals surface area contributed by atoms with Crippen LogP contribution in [0.1, 0.15) is 51.9 Å². The summed E-state index contributed by atoms with van der Waals surface area (Å²) in [6, 6.07) is 0. The highest BCUT2D eigenvalue weighted by Crippen LogP contribution is 2.26. The summed E-state index contributed by atoms with van der Waals surface area (Å²) in [5.74, 6) is 0. The summed E-state index contributed by atoms with van der Waals surface area (Å²) in [6.45, 7) is 5.98. The number of likely N-dealkylation sites (tertiary alicyclic amines) is 1. The van der Waals surface area contributed by atoms with Crippen LogP contribution in [0.3, 0.4) is 0 Å². The second-order valence-corrected chi connectivity index (χ2v) is 5.13. The molecular weight excluding hydrogens is 186 g/mol. The van der Waals surface area contributed by atoms with Gasteiger partial charge >= 0.3 is 0 Å². The molecule has 2 fully saturated rings. The maximum Gasteiger partial charge on any atom is 0.0707 e. The van der Waals surface area contributed by atoms with Gasteiger partial charge in [-0.05, 0) is 25.8 Å². The van der Waals surface area contributed by atoms with Crippen LogP contribution in [0.5, 0.6) is 0 Å². The highest BCUT2D eigenvalue weighted by atomic mass is 16.5. The van der Waals surface area contributed by atoms with Gasteiger partial charge in [-0.25, -0.2) is 0 Å². The van der Waals surface area contributed by atoms with Crippen LogP contribution >= 0.6 is 0 Å². The summed E-state index contributed by atoms with van der Waals surface area (Å²) >= 11 is 0. The van der Waals surface area contributed by atoms with Gasteiger partial charge < -0.3 is 4.74 Å². The molecule has 0 N–H and O–H groups in total. The van der Waals surface area contributed by atoms with Crippen molar-refractivity contribution >= 4 is 0 Å². The Kier molecular flexibility index (Phi) is 4.45. The number of ether oxygens (including phenoxy) is 1. The van der Waals surface area contributed by atoms with Crippen molar-refractivity contribution < 1.29 is 4.74 Å². The summed E-state index contributed by atoms with van der Waals surface area (Å²) in [5.41, 5.74) is 0. The molecule has 2 unspecified atom stereocenters. The van der Waals surface area contributed by atoms with Crippen molar-refractivity contribution in [2.45, 2.75) is 64.1 Å². The molecular formula is C13H25NO. The first-order valence-electron chi connectivity index (χ1n) is 6.76. The van der Waals surface area contributed by atoms with Gasteiger partial charge in [0.05, 0.1) is 12.2 Å². The summed E-state index contributed by atoms with van der Waals surface area (Å²) in [6.07, 6.45) is 10.7. The average molecular weight is 211 g/mol. The Morgan fingerprint density at radius 2 is 1.67 bits per heavy atom. The highest BCUT2D eigenvalue weighted by Gasteiger charge is 2.32. The van der Waals surface area contributed by atoms with Crippen LogP contribution in [0.25, 0.3) is 0 Å². The van der Waals surface area contributed by atoms with Gasteiger partial charge in [-0.1, -0.05) is 32.6 Å². The summed E-state index contributed by atoms with van der Waals surface area (Å²) < 4.78 is 5.83. The molecule has 0 aromatic heterocycles. The quantitative estimate of drug-likeness (QED) is 0.626. The lowest BCUT2D eigenvalue weighted by Gasteiger charge is -2.32. The van der Waals surface area contributed by atoms with E-state index in [9.17, 15) is 0 Å². The fraction of sp³-hybridized carbons (Fsp3) is 1.00. The molecule has 2 aliphatic heterocycles. The zero-order valence-corrected chi connectivity index (χ0v) is 10.1. The first-order valence-corrected chi connectivity index (χ1v) is 6.76. The standard InChI is InChI=1S/C13H25NO/c1-2-3-4-5-6-9-14-10-12-7-8-13(11-14)15-12/h12-13H,2-11H2,1H3. The second kappa shape index (κ2) is 5.86. The molecule has 0 aliphatic carbocycles. The maximum absolute atomic E-state index is 5.83. The monoisotopic (exact) mass is 211 g/mol. The minimum absolute atomic E-state index is 0.569. The van der Waals surface area contributed by atoms with Gasteiger partial charge in [0, 0.05) is 13.1 Å². The Balaban J connectivity index is 1.56. The third kappa shape index (κ3) is 3.46. The molecule has 2 aliphatic rings. The maximum atomic E-state index is 5.83. The summed E-state index contributed by atoms with van der Waals surface area (Å²) in [4.78, 5) is 2.62. The average Bonchev–Trinajstić information content (AvgIpc) is 2.58. The molecule has 0 aromatic carbocycles. The Morgan fingerprint density at radius 1 is 1.00 bits per heavy atom. The van der Waals surface area contributed by atoms with Crippen LogP contribution in [0.2, 0.25) is 0 Å². The van der Waals surface area contributed by atoms with E-state index in [1.54, 1.807) is 0 Å². The molecule has 15 heavy (non-hydrogen) atoms. The van der Waals surface area contributed by atoms with Crippen molar-refractivity contribution in [3.8, 4) is 0 Å². The number of rotatable bonds is 6. The number of nitrogens with zero attached hydrogens (tertiary/aromatic N) is 1. The second-order valence-electron chi connectivity index (χ2n) is 5.13. The van der Waals surface area contributed by atoms with Crippen molar-refractivity contribution in [3.63, 3.8) is 0 Å². The lowest BCUT2D eigenvalue weighted by Crippen LogP contribution is -2.42. The van der Waals surface area contributed by atoms with E-state index >= 15 is 0 Å². The van der Waals surface area contributed by atoms with Gasteiger partial charge in [-0.2, -0.15) is 0 Å². The zero-order chi connectivity index (χ0) is 10.5. The van der Waals surface area contributed by atoms with Gasteiger partial charge in [0.1, 0.15) is 0 Å². The van der Waals surface area contributed by atoms with E-state index in [2.05, 4.69) is 11.8 Å². The van der Waals surface area contributed by atoms with E-state index in [1.807, 2.05) is 0 Å². The summed E-state index contributed by atoms with van der Waals surface area (Å²) in [7, 11) is 0. The number of fused-ring (bicyclic) bond motifs is 2. The lowest BCUT2D eigenvalue weighted by atomic mass is 10.1. The highest BCUT2D eigenvalue weighted by molar-refractivity contribution is 4.84. The molecule has 2 heterocycles. The first kappa shape index (κ1) is 11.4. The number of hydrogen-bond acceptors (Lipinski definition) is 2. The van der Waals surface area contributed by atoms with Crippen molar-refractivity contribution in [1.82, 2.24) is 4.90 Å². The SMILES string of the molecule is CCCCCCCN1CC2CCC(C1)O2. The fourth-order valence-electron chi connectivity index (χ4n) is 2.82. The zero-order valence-electron chi connectivity index (χ0n) is 10.1. The van der Waals surface area contributed by atoms with Gasteiger partial charge in [0.25, 0.3) is 0 Å². The molecule has 2 heteroatoms. The number of morpholine rings is 1. The fourth-order valence-corrected chi connectivity index (χ4v) is 2.82. The number of unbranched alkanes of at least 4 members (excludes halogenated alkanes) is 4. The Morgan fingerprint density at radius 3 is 2.33 bits per heavy atom. The third-order valence-corrected chi connectivity index (χ3v) is 3.70. The van der Waals surface area contributed by atoms with Crippen LogP contribution in [0.15, 0.2) is 0 Å². The Bertz CT molecular complexity index is 171. The molecule has 2 bridgehead atoms. The van der Waals surface area contributed by atoms with Gasteiger partial charge in [-0.3, -0.25) is 4.90 Å². The minimum atomic E-state index is 0.569. The molecule has 2 saturated heterocycles. The third-order valence-electron chi connectivity index (χ3n) is 3.70. The van der Waals surface area contributed by atoms with Crippen molar-refractivity contribution in [3.05, 3.63) is 0 Å². The first-order chi connectivity index (χ1) is 7.38. The Hall–Kier alpha value is -0.0800. The largest absolute Gasteiger partial charge is 0.372 e. The van der Waals surface area contributed by atoms with Crippen LogP contribution < -0.4 is 0 Å². The smallest absolute Gasteiger partial charge is 0.0707 e. The molecule has 2 rings (SSSR count). The summed E-state index contributed by atoms with van der Waals surface area (Å²) in [5, 5.41) is 0. The van der Waals surface area contributed by atoms with Crippen molar-refractivity contribution in [2.24, 2.45) is 0 Å². The molecule has 0 aromatic rings. The Labute approximate surface area is 94.0 Å². The van der Waals surface area contributed by atoms with E-state index < -0.39 is 0 Å². The topological polar surface area (TPSA) is 12.5 Å².